The number of ether oxygens (including phenoxy) is 1. The van der Waals surface area contributed by atoms with Crippen molar-refractivity contribution in [1.29, 1.82) is 0 Å². The van der Waals surface area contributed by atoms with Crippen LogP contribution in [0.1, 0.15) is 24.1 Å². The lowest BCUT2D eigenvalue weighted by Gasteiger charge is -2.06. The maximum Gasteiger partial charge on any atom is 0.194 e. The molecule has 0 saturated carbocycles. The number of hydrogen-bond donors (Lipinski definition) is 0. The van der Waals surface area contributed by atoms with Gasteiger partial charge in [0.05, 0.1) is 6.61 Å². The summed E-state index contributed by atoms with van der Waals surface area (Å²) in [7, 11) is 0. The Bertz CT molecular complexity index is 300. The van der Waals surface area contributed by atoms with Gasteiger partial charge in [-0.3, -0.25) is 0 Å². The van der Waals surface area contributed by atoms with Gasteiger partial charge in [0.15, 0.2) is 11.6 Å². The van der Waals surface area contributed by atoms with E-state index >= 15 is 0 Å². The predicted octanol–water partition coefficient (Wildman–Crippen LogP) is 2.10. The molecule has 3 nitrogen and oxygen atoms in total. The highest BCUT2D eigenvalue weighted by atomic mass is 16.5. The number of aromatic nitrogens is 2. The van der Waals surface area contributed by atoms with Crippen molar-refractivity contribution in [2.24, 2.45) is 0 Å². The fourth-order valence-corrected chi connectivity index (χ4v) is 1.09. The van der Waals surface area contributed by atoms with E-state index in [1.54, 1.807) is 0 Å². The van der Waals surface area contributed by atoms with Gasteiger partial charge in [0.2, 0.25) is 0 Å². The first-order chi connectivity index (χ1) is 6.13. The van der Waals surface area contributed by atoms with Crippen molar-refractivity contribution < 1.29 is 4.74 Å². The van der Waals surface area contributed by atoms with Gasteiger partial charge in [-0.05, 0) is 26.8 Å². The van der Waals surface area contributed by atoms with E-state index in [0.717, 1.165) is 11.4 Å². The minimum Gasteiger partial charge on any atom is -0.491 e. The standard InChI is InChI=1S/C10H14N2O/c1-5-13-9(4)10-11-7(2)6-8(3)12-10/h6H,4-5H2,1-3H3. The molecule has 0 fully saturated rings. The molecular formula is C10H14N2O. The molecule has 0 bridgehead atoms. The lowest BCUT2D eigenvalue weighted by Crippen LogP contribution is -2.00. The van der Waals surface area contributed by atoms with Gasteiger partial charge in [0.1, 0.15) is 0 Å². The highest BCUT2D eigenvalue weighted by Crippen LogP contribution is 2.09. The average molecular weight is 178 g/mol. The summed E-state index contributed by atoms with van der Waals surface area (Å²) in [4.78, 5) is 8.43. The van der Waals surface area contributed by atoms with Crippen molar-refractivity contribution in [3.8, 4) is 0 Å². The molecule has 1 aromatic heterocycles. The molecule has 0 aliphatic carbocycles. The zero-order valence-electron chi connectivity index (χ0n) is 8.29. The average Bonchev–Trinajstić information content (AvgIpc) is 2.03. The highest BCUT2D eigenvalue weighted by molar-refractivity contribution is 5.49. The third kappa shape index (κ3) is 2.54. The minimum atomic E-state index is 0.536. The Kier molecular flexibility index (Phi) is 3.01. The van der Waals surface area contributed by atoms with Crippen molar-refractivity contribution in [2.75, 3.05) is 6.61 Å². The smallest absolute Gasteiger partial charge is 0.194 e. The van der Waals surface area contributed by atoms with Gasteiger partial charge in [-0.1, -0.05) is 6.58 Å². The van der Waals surface area contributed by atoms with E-state index < -0.39 is 0 Å². The second-order valence-corrected chi connectivity index (χ2v) is 2.83. The molecule has 0 aliphatic heterocycles. The number of rotatable bonds is 3. The van der Waals surface area contributed by atoms with Gasteiger partial charge in [-0.15, -0.1) is 0 Å². The molecule has 0 atom stereocenters. The van der Waals surface area contributed by atoms with Crippen LogP contribution in [0, 0.1) is 13.8 Å². The summed E-state index contributed by atoms with van der Waals surface area (Å²) < 4.78 is 5.22. The summed E-state index contributed by atoms with van der Waals surface area (Å²) in [5.41, 5.74) is 1.87. The fraction of sp³-hybridized carbons (Fsp3) is 0.400. The summed E-state index contributed by atoms with van der Waals surface area (Å²) in [6.45, 7) is 10.1. The largest absolute Gasteiger partial charge is 0.491 e. The normalized spacial score (nSPS) is 9.77. The Balaban J connectivity index is 2.94. The lowest BCUT2D eigenvalue weighted by atomic mass is 10.3. The Morgan fingerprint density at radius 3 is 2.38 bits per heavy atom. The molecular weight excluding hydrogens is 164 g/mol. The molecule has 3 heteroatoms. The number of aryl methyl sites for hydroxylation is 2. The second kappa shape index (κ2) is 4.03. The molecule has 70 valence electrons. The summed E-state index contributed by atoms with van der Waals surface area (Å²) >= 11 is 0. The van der Waals surface area contributed by atoms with E-state index in [9.17, 15) is 0 Å². The first-order valence-corrected chi connectivity index (χ1v) is 4.28. The molecule has 1 heterocycles. The first kappa shape index (κ1) is 9.71. The molecule has 0 spiro atoms. The van der Waals surface area contributed by atoms with Crippen molar-refractivity contribution in [1.82, 2.24) is 9.97 Å². The predicted molar refractivity (Wildman–Crippen MR) is 52.2 cm³/mol. The maximum atomic E-state index is 5.22. The van der Waals surface area contributed by atoms with E-state index in [-0.39, 0.29) is 0 Å². The van der Waals surface area contributed by atoms with Crippen LogP contribution in [0.15, 0.2) is 12.6 Å². The fourth-order valence-electron chi connectivity index (χ4n) is 1.09. The lowest BCUT2D eigenvalue weighted by molar-refractivity contribution is 0.296. The Hall–Kier alpha value is -1.38. The highest BCUT2D eigenvalue weighted by Gasteiger charge is 2.03. The summed E-state index contributed by atoms with van der Waals surface area (Å²) in [6, 6.07) is 1.92. The molecule has 1 aromatic rings. The van der Waals surface area contributed by atoms with E-state index in [2.05, 4.69) is 16.5 Å². The summed E-state index contributed by atoms with van der Waals surface area (Å²) in [5.74, 6) is 1.12. The third-order valence-corrected chi connectivity index (χ3v) is 1.55. The van der Waals surface area contributed by atoms with Gasteiger partial charge in [-0.25, -0.2) is 9.97 Å². The molecule has 0 radical (unpaired) electrons. The maximum absolute atomic E-state index is 5.22. The van der Waals surface area contributed by atoms with Crippen molar-refractivity contribution in [3.63, 3.8) is 0 Å². The quantitative estimate of drug-likeness (QED) is 0.665. The van der Waals surface area contributed by atoms with Crippen LogP contribution in [0.3, 0.4) is 0 Å². The van der Waals surface area contributed by atoms with Crippen LogP contribution < -0.4 is 0 Å². The van der Waals surface area contributed by atoms with Gasteiger partial charge < -0.3 is 4.74 Å². The molecule has 0 unspecified atom stereocenters. The van der Waals surface area contributed by atoms with E-state index in [1.807, 2.05) is 26.8 Å². The monoisotopic (exact) mass is 178 g/mol. The molecule has 1 rings (SSSR count). The zero-order chi connectivity index (χ0) is 9.84. The van der Waals surface area contributed by atoms with Crippen molar-refractivity contribution in [3.05, 3.63) is 29.9 Å². The van der Waals surface area contributed by atoms with Crippen LogP contribution >= 0.6 is 0 Å². The van der Waals surface area contributed by atoms with Gasteiger partial charge in [-0.2, -0.15) is 0 Å². The molecule has 0 amide bonds. The third-order valence-electron chi connectivity index (χ3n) is 1.55. The van der Waals surface area contributed by atoms with Crippen molar-refractivity contribution >= 4 is 5.76 Å². The Labute approximate surface area is 78.5 Å². The van der Waals surface area contributed by atoms with Gasteiger partial charge in [0, 0.05) is 11.4 Å². The van der Waals surface area contributed by atoms with Crippen LogP contribution in [0.5, 0.6) is 0 Å². The van der Waals surface area contributed by atoms with Crippen LogP contribution in [-0.4, -0.2) is 16.6 Å². The summed E-state index contributed by atoms with van der Waals surface area (Å²) in [6.07, 6.45) is 0. The SMILES string of the molecule is C=C(OCC)c1nc(C)cc(C)n1. The molecule has 0 aliphatic rings. The second-order valence-electron chi connectivity index (χ2n) is 2.83. The van der Waals surface area contributed by atoms with E-state index in [4.69, 9.17) is 4.74 Å². The van der Waals surface area contributed by atoms with Gasteiger partial charge in [0.25, 0.3) is 0 Å². The topological polar surface area (TPSA) is 35.0 Å². The van der Waals surface area contributed by atoms with Crippen molar-refractivity contribution in [2.45, 2.75) is 20.8 Å². The van der Waals surface area contributed by atoms with Crippen LogP contribution in [0.2, 0.25) is 0 Å². The van der Waals surface area contributed by atoms with E-state index in [1.165, 1.54) is 0 Å². The van der Waals surface area contributed by atoms with Gasteiger partial charge >= 0.3 is 0 Å². The number of hydrogen-bond acceptors (Lipinski definition) is 3. The van der Waals surface area contributed by atoms with Crippen LogP contribution in [0.25, 0.3) is 5.76 Å². The minimum absolute atomic E-state index is 0.536. The molecule has 0 aromatic carbocycles. The molecule has 0 N–H and O–H groups in total. The zero-order valence-corrected chi connectivity index (χ0v) is 8.29. The first-order valence-electron chi connectivity index (χ1n) is 4.28. The molecule has 13 heavy (non-hydrogen) atoms. The van der Waals surface area contributed by atoms with E-state index in [0.29, 0.717) is 18.2 Å². The summed E-state index contributed by atoms with van der Waals surface area (Å²) in [5, 5.41) is 0. The number of nitrogens with zero attached hydrogens (tertiary/aromatic N) is 2. The Morgan fingerprint density at radius 1 is 1.38 bits per heavy atom. The van der Waals surface area contributed by atoms with Crippen LogP contribution in [-0.2, 0) is 4.74 Å². The Morgan fingerprint density at radius 2 is 1.92 bits per heavy atom. The molecule has 0 saturated heterocycles. The van der Waals surface area contributed by atoms with Crippen LogP contribution in [0.4, 0.5) is 0 Å².